The SMILES string of the molecule is CC[C@H](C)[C@@H]([C@@H](CC(=O)N1C(C)[C@@H](C)C[C@H]1[C@H](OC)[C@@H](C)C(=O)N[C@@H](Cc1cccc(F)c1)C(=O)O)OC)N(C)C(=O)[C@@H](NC(=O)[C@@H](NC)C(C)C)C(C)C. The third-order valence-electron chi connectivity index (χ3n) is 11.6. The van der Waals surface area contributed by atoms with Crippen molar-refractivity contribution < 1.29 is 42.9 Å². The van der Waals surface area contributed by atoms with Gasteiger partial charge in [0.1, 0.15) is 17.9 Å². The Kier molecular flexibility index (Phi) is 18.7. The Balaban J connectivity index is 2.36. The molecule has 2 rings (SSSR count). The molecule has 13 nitrogen and oxygen atoms in total. The minimum absolute atomic E-state index is 0.00502. The zero-order chi connectivity index (χ0) is 41.9. The molecule has 4 amide bonds. The third-order valence-corrected chi connectivity index (χ3v) is 11.6. The Bertz CT molecular complexity index is 1440. The zero-order valence-corrected chi connectivity index (χ0v) is 35.2. The summed E-state index contributed by atoms with van der Waals surface area (Å²) < 4.78 is 25.8. The smallest absolute Gasteiger partial charge is 0.326 e. The number of likely N-dealkylation sites (N-methyl/N-ethyl adjacent to an activating group) is 2. The summed E-state index contributed by atoms with van der Waals surface area (Å²) in [4.78, 5) is 71.0. The van der Waals surface area contributed by atoms with Crippen molar-refractivity contribution in [1.29, 1.82) is 0 Å². The summed E-state index contributed by atoms with van der Waals surface area (Å²) >= 11 is 0. The second-order valence-corrected chi connectivity index (χ2v) is 16.1. The van der Waals surface area contributed by atoms with Gasteiger partial charge in [0.2, 0.25) is 23.6 Å². The summed E-state index contributed by atoms with van der Waals surface area (Å²) in [6.45, 7) is 17.3. The number of hydrogen-bond acceptors (Lipinski definition) is 8. The van der Waals surface area contributed by atoms with Crippen LogP contribution in [0.15, 0.2) is 24.3 Å². The highest BCUT2D eigenvalue weighted by molar-refractivity contribution is 5.90. The largest absolute Gasteiger partial charge is 0.480 e. The molecule has 1 saturated heterocycles. The highest BCUT2D eigenvalue weighted by Gasteiger charge is 2.47. The molecule has 1 aromatic carbocycles. The molecule has 1 unspecified atom stereocenters. The maximum atomic E-state index is 14.5. The highest BCUT2D eigenvalue weighted by Crippen LogP contribution is 2.36. The van der Waals surface area contributed by atoms with Crippen molar-refractivity contribution in [3.8, 4) is 0 Å². The zero-order valence-electron chi connectivity index (χ0n) is 35.2. The van der Waals surface area contributed by atoms with Crippen LogP contribution in [0.5, 0.6) is 0 Å². The van der Waals surface area contributed by atoms with Gasteiger partial charge in [-0.2, -0.15) is 0 Å². The molecule has 4 N–H and O–H groups in total. The number of likely N-dealkylation sites (tertiary alicyclic amines) is 1. The molecule has 1 aliphatic heterocycles. The topological polar surface area (TPSA) is 167 Å². The number of halogens is 1. The lowest BCUT2D eigenvalue weighted by atomic mass is 9.89. The van der Waals surface area contributed by atoms with Gasteiger partial charge in [-0.3, -0.25) is 19.2 Å². The number of carboxylic acid groups (broad SMARTS) is 1. The lowest BCUT2D eigenvalue weighted by Gasteiger charge is -2.41. The van der Waals surface area contributed by atoms with Crippen LogP contribution in [0, 0.1) is 35.4 Å². The number of methoxy groups -OCH3 is 2. The molecule has 55 heavy (non-hydrogen) atoms. The van der Waals surface area contributed by atoms with Crippen LogP contribution in [-0.2, 0) is 39.9 Å². The molecule has 0 bridgehead atoms. The van der Waals surface area contributed by atoms with Gasteiger partial charge in [0.05, 0.1) is 42.7 Å². The van der Waals surface area contributed by atoms with E-state index in [1.807, 2.05) is 55.4 Å². The number of aliphatic carboxylic acids is 1. The Morgan fingerprint density at radius 3 is 2.07 bits per heavy atom. The highest BCUT2D eigenvalue weighted by atomic mass is 19.1. The number of carbonyl (C=O) groups is 5. The van der Waals surface area contributed by atoms with Crippen molar-refractivity contribution in [2.24, 2.45) is 29.6 Å². The first kappa shape index (κ1) is 47.5. The van der Waals surface area contributed by atoms with Gasteiger partial charge in [-0.25, -0.2) is 9.18 Å². The number of carboxylic acids is 1. The number of nitrogens with zero attached hydrogens (tertiary/aromatic N) is 2. The number of benzene rings is 1. The molecule has 0 spiro atoms. The molecule has 1 aromatic rings. The summed E-state index contributed by atoms with van der Waals surface area (Å²) in [5.41, 5.74) is 0.424. The van der Waals surface area contributed by atoms with Crippen molar-refractivity contribution in [1.82, 2.24) is 25.8 Å². The molecule has 11 atom stereocenters. The van der Waals surface area contributed by atoms with E-state index in [4.69, 9.17) is 9.47 Å². The molecule has 1 aliphatic rings. The number of ether oxygens (including phenoxy) is 2. The lowest BCUT2D eigenvalue weighted by molar-refractivity contribution is -0.149. The van der Waals surface area contributed by atoms with Gasteiger partial charge in [-0.1, -0.05) is 73.9 Å². The van der Waals surface area contributed by atoms with Gasteiger partial charge >= 0.3 is 5.97 Å². The van der Waals surface area contributed by atoms with Gasteiger partial charge in [0.25, 0.3) is 0 Å². The van der Waals surface area contributed by atoms with Crippen LogP contribution in [0.1, 0.15) is 87.1 Å². The van der Waals surface area contributed by atoms with E-state index < -0.39 is 66.0 Å². The van der Waals surface area contributed by atoms with Crippen LogP contribution in [0.4, 0.5) is 4.39 Å². The maximum absolute atomic E-state index is 14.5. The molecule has 312 valence electrons. The first-order chi connectivity index (χ1) is 25.7. The third kappa shape index (κ3) is 12.2. The average Bonchev–Trinajstić information content (AvgIpc) is 3.42. The standard InChI is InChI=1S/C41H68FN5O8/c1-14-24(6)36(46(11)40(51)35(23(4)5)45-39(50)34(43-10)22(2)3)32(54-12)21-33(48)47-27(9)25(7)18-31(47)37(55-13)26(8)38(49)44-30(41(52)53)20-28-16-15-17-29(42)19-28/h15-17,19,22-27,30-32,34-37,43H,14,18,20-21H2,1-13H3,(H,44,49)(H,45,50)(H,52,53)/t24-,25-,26+,27?,30-,31-,32+,34-,35-,36-,37+/m0/s1. The van der Waals surface area contributed by atoms with Gasteiger partial charge in [0, 0.05) is 33.7 Å². The predicted molar refractivity (Wildman–Crippen MR) is 209 cm³/mol. The molecular formula is C41H68FN5O8. The molecule has 14 heteroatoms. The number of hydrogen-bond donors (Lipinski definition) is 4. The molecule has 0 aliphatic carbocycles. The van der Waals surface area contributed by atoms with Crippen LogP contribution in [0.2, 0.25) is 0 Å². The molecule has 0 saturated carbocycles. The van der Waals surface area contributed by atoms with Gasteiger partial charge in [0.15, 0.2) is 0 Å². The number of rotatable bonds is 21. The van der Waals surface area contributed by atoms with E-state index in [9.17, 15) is 33.5 Å². The fourth-order valence-electron chi connectivity index (χ4n) is 7.97. The van der Waals surface area contributed by atoms with Gasteiger partial charge in [-0.15, -0.1) is 0 Å². The Labute approximate surface area is 327 Å². The fraction of sp³-hybridized carbons (Fsp3) is 0.732. The second kappa shape index (κ2) is 21.6. The van der Waals surface area contributed by atoms with Crippen molar-refractivity contribution in [2.45, 2.75) is 136 Å². The number of nitrogens with one attached hydrogen (secondary N) is 3. The molecule has 1 fully saturated rings. The second-order valence-electron chi connectivity index (χ2n) is 16.1. The fourth-order valence-corrected chi connectivity index (χ4v) is 7.97. The van der Waals surface area contributed by atoms with E-state index in [0.717, 1.165) is 0 Å². The van der Waals surface area contributed by atoms with Gasteiger partial charge < -0.3 is 40.3 Å². The van der Waals surface area contributed by atoms with Crippen LogP contribution in [0.25, 0.3) is 0 Å². The predicted octanol–water partition coefficient (Wildman–Crippen LogP) is 3.88. The van der Waals surface area contributed by atoms with Crippen molar-refractivity contribution in [2.75, 3.05) is 28.3 Å². The summed E-state index contributed by atoms with van der Waals surface area (Å²) in [5, 5.41) is 18.5. The minimum Gasteiger partial charge on any atom is -0.480 e. The Hall–Kier alpha value is -3.62. The van der Waals surface area contributed by atoms with Crippen LogP contribution in [-0.4, -0.2) is 121 Å². The van der Waals surface area contributed by atoms with Gasteiger partial charge in [-0.05, 0) is 61.8 Å². The van der Waals surface area contributed by atoms with E-state index in [2.05, 4.69) is 16.0 Å². The first-order valence-corrected chi connectivity index (χ1v) is 19.6. The summed E-state index contributed by atoms with van der Waals surface area (Å²) in [6, 6.07) is 1.72. The quantitative estimate of drug-likeness (QED) is 0.145. The van der Waals surface area contributed by atoms with E-state index >= 15 is 0 Å². The molecule has 0 radical (unpaired) electrons. The normalized spacial score (nSPS) is 21.6. The Morgan fingerprint density at radius 2 is 1.58 bits per heavy atom. The van der Waals surface area contributed by atoms with Crippen molar-refractivity contribution in [3.05, 3.63) is 35.6 Å². The van der Waals surface area contributed by atoms with E-state index in [-0.39, 0.29) is 60.3 Å². The van der Waals surface area contributed by atoms with Crippen molar-refractivity contribution in [3.63, 3.8) is 0 Å². The van der Waals surface area contributed by atoms with Crippen LogP contribution in [0.3, 0.4) is 0 Å². The molecular weight excluding hydrogens is 709 g/mol. The van der Waals surface area contributed by atoms with Crippen LogP contribution >= 0.6 is 0 Å². The van der Waals surface area contributed by atoms with E-state index in [1.165, 1.54) is 32.4 Å². The average molecular weight is 778 g/mol. The first-order valence-electron chi connectivity index (χ1n) is 19.6. The summed E-state index contributed by atoms with van der Waals surface area (Å²) in [5.74, 6) is -4.19. The lowest BCUT2D eigenvalue weighted by Crippen LogP contribution is -2.60. The minimum atomic E-state index is -1.31. The van der Waals surface area contributed by atoms with Crippen molar-refractivity contribution >= 4 is 29.6 Å². The Morgan fingerprint density at radius 1 is 0.964 bits per heavy atom. The van der Waals surface area contributed by atoms with E-state index in [1.54, 1.807) is 36.9 Å². The molecule has 1 heterocycles. The summed E-state index contributed by atoms with van der Waals surface area (Å²) in [7, 11) is 6.39. The van der Waals surface area contributed by atoms with Crippen LogP contribution < -0.4 is 16.0 Å². The number of amides is 4. The summed E-state index contributed by atoms with van der Waals surface area (Å²) in [6.07, 6.45) is -0.422. The maximum Gasteiger partial charge on any atom is 0.326 e. The molecule has 0 aromatic heterocycles. The van der Waals surface area contributed by atoms with E-state index in [0.29, 0.717) is 18.4 Å². The number of carbonyl (C=O) groups excluding carboxylic acids is 4. The monoisotopic (exact) mass is 778 g/mol.